The highest BCUT2D eigenvalue weighted by atomic mass is 16.5. The average Bonchev–Trinajstić information content (AvgIpc) is 2.40. The van der Waals surface area contributed by atoms with Crippen LogP contribution in [-0.4, -0.2) is 30.3 Å². The van der Waals surface area contributed by atoms with Gasteiger partial charge in [0.05, 0.1) is 18.4 Å². The maximum absolute atomic E-state index is 5.75. The number of aromatic nitrogens is 1. The molecule has 1 heterocycles. The number of nitrogens with zero attached hydrogens (tertiary/aromatic N) is 1. The Morgan fingerprint density at radius 3 is 2.79 bits per heavy atom. The van der Waals surface area contributed by atoms with Gasteiger partial charge in [0.2, 0.25) is 5.88 Å². The van der Waals surface area contributed by atoms with Gasteiger partial charge in [-0.15, -0.1) is 0 Å². The summed E-state index contributed by atoms with van der Waals surface area (Å²) in [6.07, 6.45) is 3.12. The van der Waals surface area contributed by atoms with Gasteiger partial charge >= 0.3 is 0 Å². The Hall–Kier alpha value is -1.29. The highest BCUT2D eigenvalue weighted by Gasteiger charge is 2.49. The second kappa shape index (κ2) is 5.78. The zero-order valence-corrected chi connectivity index (χ0v) is 12.3. The van der Waals surface area contributed by atoms with Crippen LogP contribution in [0.1, 0.15) is 34.1 Å². The highest BCUT2D eigenvalue weighted by Crippen LogP contribution is 2.45. The van der Waals surface area contributed by atoms with E-state index >= 15 is 0 Å². The topological polar surface area (TPSA) is 43.4 Å². The van der Waals surface area contributed by atoms with Crippen molar-refractivity contribution >= 4 is 5.69 Å². The zero-order valence-electron chi connectivity index (χ0n) is 12.3. The second-order valence-electron chi connectivity index (χ2n) is 5.49. The van der Waals surface area contributed by atoms with Gasteiger partial charge in [0, 0.05) is 24.3 Å². The largest absolute Gasteiger partial charge is 0.476 e. The van der Waals surface area contributed by atoms with Gasteiger partial charge in [0.15, 0.2) is 0 Å². The lowest BCUT2D eigenvalue weighted by Gasteiger charge is -2.52. The number of pyridine rings is 1. The summed E-state index contributed by atoms with van der Waals surface area (Å²) in [5.41, 5.74) is 1.10. The van der Waals surface area contributed by atoms with E-state index in [0.717, 1.165) is 18.7 Å². The van der Waals surface area contributed by atoms with Crippen molar-refractivity contribution in [2.75, 3.05) is 18.5 Å². The molecule has 2 rings (SSSR count). The molecule has 0 bridgehead atoms. The van der Waals surface area contributed by atoms with Crippen molar-refractivity contribution in [1.82, 2.24) is 4.98 Å². The summed E-state index contributed by atoms with van der Waals surface area (Å²) in [7, 11) is 0. The van der Waals surface area contributed by atoms with E-state index in [9.17, 15) is 0 Å². The zero-order chi connectivity index (χ0) is 13.9. The fraction of sp³-hybridized carbons (Fsp3) is 0.667. The molecule has 0 aliphatic heterocycles. The molecule has 0 amide bonds. The first kappa shape index (κ1) is 14.1. The van der Waals surface area contributed by atoms with Gasteiger partial charge in [0.1, 0.15) is 0 Å². The van der Waals surface area contributed by atoms with E-state index in [1.54, 1.807) is 6.20 Å². The van der Waals surface area contributed by atoms with E-state index in [4.69, 9.17) is 9.47 Å². The predicted octanol–water partition coefficient (Wildman–Crippen LogP) is 3.10. The van der Waals surface area contributed by atoms with E-state index in [1.165, 1.54) is 0 Å². The first-order chi connectivity index (χ1) is 9.09. The minimum Gasteiger partial charge on any atom is -0.476 e. The van der Waals surface area contributed by atoms with Crippen LogP contribution in [0.25, 0.3) is 0 Å². The van der Waals surface area contributed by atoms with Crippen LogP contribution in [0.5, 0.6) is 5.88 Å². The number of hydrogen-bond donors (Lipinski definition) is 1. The Balaban J connectivity index is 2.03. The molecular formula is C15H24N2O2. The minimum atomic E-state index is 0.134. The van der Waals surface area contributed by atoms with E-state index in [2.05, 4.69) is 24.1 Å². The van der Waals surface area contributed by atoms with Gasteiger partial charge in [-0.1, -0.05) is 13.8 Å². The van der Waals surface area contributed by atoms with Crippen LogP contribution in [0, 0.1) is 5.41 Å². The number of rotatable bonds is 6. The molecule has 1 saturated carbocycles. The van der Waals surface area contributed by atoms with E-state index < -0.39 is 0 Å². The Labute approximate surface area is 115 Å². The van der Waals surface area contributed by atoms with E-state index in [1.807, 2.05) is 26.0 Å². The van der Waals surface area contributed by atoms with Gasteiger partial charge in [-0.3, -0.25) is 0 Å². The Kier molecular flexibility index (Phi) is 4.30. The lowest BCUT2D eigenvalue weighted by Crippen LogP contribution is -2.58. The predicted molar refractivity (Wildman–Crippen MR) is 76.6 cm³/mol. The van der Waals surface area contributed by atoms with Gasteiger partial charge in [-0.05, 0) is 32.4 Å². The second-order valence-corrected chi connectivity index (χ2v) is 5.49. The third-order valence-corrected chi connectivity index (χ3v) is 3.93. The average molecular weight is 264 g/mol. The number of nitrogens with one attached hydrogen (secondary N) is 1. The molecule has 0 aromatic carbocycles. The first-order valence-electron chi connectivity index (χ1n) is 7.05. The summed E-state index contributed by atoms with van der Waals surface area (Å²) < 4.78 is 11.3. The van der Waals surface area contributed by atoms with Crippen LogP contribution in [0.4, 0.5) is 5.69 Å². The van der Waals surface area contributed by atoms with E-state index in [-0.39, 0.29) is 5.41 Å². The fourth-order valence-electron chi connectivity index (χ4n) is 2.55. The summed E-state index contributed by atoms with van der Waals surface area (Å²) in [4.78, 5) is 4.27. The summed E-state index contributed by atoms with van der Waals surface area (Å²) in [6, 6.07) is 4.34. The molecule has 19 heavy (non-hydrogen) atoms. The van der Waals surface area contributed by atoms with Crippen molar-refractivity contribution in [3.63, 3.8) is 0 Å². The Morgan fingerprint density at radius 2 is 2.16 bits per heavy atom. The Bertz CT molecular complexity index is 420. The normalized spacial score (nSPS) is 24.6. The van der Waals surface area contributed by atoms with Crippen LogP contribution < -0.4 is 10.1 Å². The van der Waals surface area contributed by atoms with Crippen molar-refractivity contribution < 1.29 is 9.47 Å². The molecule has 2 unspecified atom stereocenters. The molecule has 2 atom stereocenters. The quantitative estimate of drug-likeness (QED) is 0.857. The highest BCUT2D eigenvalue weighted by molar-refractivity contribution is 5.53. The smallest absolute Gasteiger partial charge is 0.237 e. The summed E-state index contributed by atoms with van der Waals surface area (Å²) >= 11 is 0. The first-order valence-corrected chi connectivity index (χ1v) is 7.05. The van der Waals surface area contributed by atoms with Gasteiger partial charge < -0.3 is 14.8 Å². The molecule has 1 aliphatic rings. The lowest BCUT2D eigenvalue weighted by molar-refractivity contribution is -0.0976. The standard InChI is InChI=1S/C15H24N2O2/c1-5-18-13-10-12(15(13,3)4)17-11-8-7-9-16-14(11)19-6-2/h7-9,12-13,17H,5-6,10H2,1-4H3. The van der Waals surface area contributed by atoms with Crippen LogP contribution in [0.3, 0.4) is 0 Å². The number of anilines is 1. The molecule has 0 spiro atoms. The molecule has 1 fully saturated rings. The molecule has 1 aromatic rings. The van der Waals surface area contributed by atoms with Crippen LogP contribution in [0.15, 0.2) is 18.3 Å². The molecule has 0 saturated heterocycles. The number of ether oxygens (including phenoxy) is 2. The molecule has 1 N–H and O–H groups in total. The third kappa shape index (κ3) is 2.84. The van der Waals surface area contributed by atoms with Crippen LogP contribution in [-0.2, 0) is 4.74 Å². The van der Waals surface area contributed by atoms with Crippen molar-refractivity contribution in [2.24, 2.45) is 5.41 Å². The van der Waals surface area contributed by atoms with Gasteiger partial charge in [-0.2, -0.15) is 0 Å². The van der Waals surface area contributed by atoms with Crippen LogP contribution >= 0.6 is 0 Å². The maximum atomic E-state index is 5.75. The molecule has 1 aliphatic carbocycles. The minimum absolute atomic E-state index is 0.134. The SMILES string of the molecule is CCOc1ncccc1NC1CC(OCC)C1(C)C. The summed E-state index contributed by atoms with van der Waals surface area (Å²) in [5, 5.41) is 3.54. The molecule has 4 heteroatoms. The summed E-state index contributed by atoms with van der Waals surface area (Å²) in [6.45, 7) is 9.90. The monoisotopic (exact) mass is 264 g/mol. The fourth-order valence-corrected chi connectivity index (χ4v) is 2.55. The Morgan fingerprint density at radius 1 is 1.37 bits per heavy atom. The molecule has 0 radical (unpaired) electrons. The summed E-state index contributed by atoms with van der Waals surface area (Å²) in [5.74, 6) is 0.681. The molecule has 106 valence electrons. The molecule has 1 aromatic heterocycles. The van der Waals surface area contributed by atoms with Crippen LogP contribution in [0.2, 0.25) is 0 Å². The van der Waals surface area contributed by atoms with Crippen molar-refractivity contribution in [3.05, 3.63) is 18.3 Å². The lowest BCUT2D eigenvalue weighted by atomic mass is 9.64. The third-order valence-electron chi connectivity index (χ3n) is 3.93. The number of hydrogen-bond acceptors (Lipinski definition) is 4. The van der Waals surface area contributed by atoms with E-state index in [0.29, 0.717) is 24.6 Å². The van der Waals surface area contributed by atoms with Gasteiger partial charge in [0.25, 0.3) is 0 Å². The molecular weight excluding hydrogens is 240 g/mol. The van der Waals surface area contributed by atoms with Crippen molar-refractivity contribution in [3.8, 4) is 5.88 Å². The van der Waals surface area contributed by atoms with Gasteiger partial charge in [-0.25, -0.2) is 4.98 Å². The molecule has 4 nitrogen and oxygen atoms in total. The maximum Gasteiger partial charge on any atom is 0.237 e. The van der Waals surface area contributed by atoms with Crippen molar-refractivity contribution in [1.29, 1.82) is 0 Å². The van der Waals surface area contributed by atoms with Crippen molar-refractivity contribution in [2.45, 2.75) is 46.3 Å².